The number of carboxylic acids is 1. The van der Waals surface area contributed by atoms with E-state index < -0.39 is 5.97 Å². The molecule has 0 saturated heterocycles. The van der Waals surface area contributed by atoms with E-state index >= 15 is 0 Å². The van der Waals surface area contributed by atoms with Gasteiger partial charge in [-0.15, -0.1) is 0 Å². The van der Waals surface area contributed by atoms with E-state index in [-0.39, 0.29) is 24.8 Å². The highest BCUT2D eigenvalue weighted by Crippen LogP contribution is 2.33. The number of aliphatic carboxylic acids is 1. The molecule has 2 N–H and O–H groups in total. The number of hydrogen-bond donors (Lipinski definition) is 2. The molecule has 4 nitrogen and oxygen atoms in total. The topological polar surface area (TPSA) is 66.4 Å². The van der Waals surface area contributed by atoms with E-state index in [0.29, 0.717) is 5.56 Å². The van der Waals surface area contributed by atoms with Crippen molar-refractivity contribution >= 4 is 34.0 Å². The first-order valence-corrected chi connectivity index (χ1v) is 12.2. The van der Waals surface area contributed by atoms with Crippen LogP contribution in [-0.2, 0) is 4.79 Å². The third kappa shape index (κ3) is 5.49. The van der Waals surface area contributed by atoms with Gasteiger partial charge >= 0.3 is 5.97 Å². The standard InChI is InChI=1S/C28H27NO3S/c1-2-3-26(19-4-6-20(7-5-19)28(32)29-14-12-27(30)31)24-11-10-21-16-23(9-8-22(21)17-24)25-13-15-33-18-25/h4-11,13,15-18,26H,2-3,12,14H2,1H3,(H,29,32)(H,30,31). The lowest BCUT2D eigenvalue weighted by atomic mass is 9.86. The number of carboxylic acid groups (broad SMARTS) is 1. The normalized spacial score (nSPS) is 11.9. The quantitative estimate of drug-likeness (QED) is 0.294. The molecule has 3 aromatic carbocycles. The van der Waals surface area contributed by atoms with Crippen molar-refractivity contribution in [2.24, 2.45) is 0 Å². The largest absolute Gasteiger partial charge is 0.481 e. The summed E-state index contributed by atoms with van der Waals surface area (Å²) in [6, 6.07) is 23.1. The highest BCUT2D eigenvalue weighted by molar-refractivity contribution is 7.08. The minimum absolute atomic E-state index is 0.0842. The fourth-order valence-corrected chi connectivity index (χ4v) is 4.82. The Bertz CT molecular complexity index is 1250. The molecule has 0 spiro atoms. The Morgan fingerprint density at radius 3 is 2.33 bits per heavy atom. The molecule has 4 aromatic rings. The van der Waals surface area contributed by atoms with Crippen molar-refractivity contribution in [2.75, 3.05) is 6.54 Å². The summed E-state index contributed by atoms with van der Waals surface area (Å²) < 4.78 is 0. The van der Waals surface area contributed by atoms with Gasteiger partial charge in [0.2, 0.25) is 0 Å². The van der Waals surface area contributed by atoms with Gasteiger partial charge in [0.15, 0.2) is 0 Å². The average molecular weight is 458 g/mol. The van der Waals surface area contributed by atoms with E-state index in [1.54, 1.807) is 11.3 Å². The summed E-state index contributed by atoms with van der Waals surface area (Å²) in [5.41, 5.74) is 5.47. The summed E-state index contributed by atoms with van der Waals surface area (Å²) in [5, 5.41) is 18.1. The van der Waals surface area contributed by atoms with Crippen molar-refractivity contribution in [1.82, 2.24) is 5.32 Å². The Hall–Kier alpha value is -3.44. The predicted octanol–water partition coefficient (Wildman–Crippen LogP) is 6.70. The van der Waals surface area contributed by atoms with Crippen LogP contribution in [0.4, 0.5) is 0 Å². The molecule has 33 heavy (non-hydrogen) atoms. The lowest BCUT2D eigenvalue weighted by molar-refractivity contribution is -0.136. The Morgan fingerprint density at radius 1 is 0.909 bits per heavy atom. The van der Waals surface area contributed by atoms with Gasteiger partial charge in [-0.3, -0.25) is 9.59 Å². The van der Waals surface area contributed by atoms with E-state index in [9.17, 15) is 9.59 Å². The van der Waals surface area contributed by atoms with Crippen molar-refractivity contribution < 1.29 is 14.7 Å². The summed E-state index contributed by atoms with van der Waals surface area (Å²) in [6.45, 7) is 2.31. The highest BCUT2D eigenvalue weighted by Gasteiger charge is 2.15. The van der Waals surface area contributed by atoms with Crippen LogP contribution in [0.5, 0.6) is 0 Å². The molecule has 0 fully saturated rings. The first-order chi connectivity index (χ1) is 16.0. The van der Waals surface area contributed by atoms with Gasteiger partial charge in [0.1, 0.15) is 0 Å². The van der Waals surface area contributed by atoms with Gasteiger partial charge in [0, 0.05) is 18.0 Å². The lowest BCUT2D eigenvalue weighted by Crippen LogP contribution is -2.25. The van der Waals surface area contributed by atoms with E-state index in [4.69, 9.17) is 5.11 Å². The maximum Gasteiger partial charge on any atom is 0.305 e. The van der Waals surface area contributed by atoms with Gasteiger partial charge in [-0.05, 0) is 74.5 Å². The van der Waals surface area contributed by atoms with Crippen LogP contribution in [0.25, 0.3) is 21.9 Å². The Morgan fingerprint density at radius 2 is 1.64 bits per heavy atom. The maximum absolute atomic E-state index is 12.3. The number of amides is 1. The van der Waals surface area contributed by atoms with Crippen LogP contribution in [0.3, 0.4) is 0 Å². The fourth-order valence-electron chi connectivity index (χ4n) is 4.16. The monoisotopic (exact) mass is 457 g/mol. The van der Waals surface area contributed by atoms with E-state index in [1.165, 1.54) is 33.0 Å². The second-order valence-electron chi connectivity index (χ2n) is 8.20. The molecule has 1 amide bonds. The van der Waals surface area contributed by atoms with Gasteiger partial charge in [-0.1, -0.05) is 55.8 Å². The van der Waals surface area contributed by atoms with Gasteiger partial charge < -0.3 is 10.4 Å². The molecule has 0 saturated carbocycles. The molecule has 1 heterocycles. The molecule has 168 valence electrons. The van der Waals surface area contributed by atoms with Crippen LogP contribution in [-0.4, -0.2) is 23.5 Å². The molecular formula is C28H27NO3S. The first-order valence-electron chi connectivity index (χ1n) is 11.2. The molecule has 0 aliphatic carbocycles. The number of rotatable bonds is 9. The summed E-state index contributed by atoms with van der Waals surface area (Å²) >= 11 is 1.71. The summed E-state index contributed by atoms with van der Waals surface area (Å²) in [7, 11) is 0. The first kappa shape index (κ1) is 22.7. The van der Waals surface area contributed by atoms with Crippen molar-refractivity contribution in [3.63, 3.8) is 0 Å². The van der Waals surface area contributed by atoms with Crippen LogP contribution < -0.4 is 5.32 Å². The van der Waals surface area contributed by atoms with Crippen LogP contribution in [0, 0.1) is 0 Å². The van der Waals surface area contributed by atoms with Crippen LogP contribution >= 0.6 is 11.3 Å². The van der Waals surface area contributed by atoms with Crippen LogP contribution in [0.1, 0.15) is 53.6 Å². The number of thiophene rings is 1. The molecule has 1 unspecified atom stereocenters. The zero-order valence-electron chi connectivity index (χ0n) is 18.6. The summed E-state index contributed by atoms with van der Waals surface area (Å²) in [6.07, 6.45) is 1.99. The number of carbonyl (C=O) groups excluding carboxylic acids is 1. The second kappa shape index (κ2) is 10.5. The molecule has 1 aromatic heterocycles. The minimum atomic E-state index is -0.925. The van der Waals surface area contributed by atoms with Crippen molar-refractivity contribution in [1.29, 1.82) is 0 Å². The van der Waals surface area contributed by atoms with Gasteiger partial charge in [0.25, 0.3) is 5.91 Å². The summed E-state index contributed by atoms with van der Waals surface area (Å²) in [5.74, 6) is -0.923. The SMILES string of the molecule is CCCC(c1ccc(C(=O)NCCC(=O)O)cc1)c1ccc2cc(-c3ccsc3)ccc2c1. The smallest absolute Gasteiger partial charge is 0.305 e. The van der Waals surface area contributed by atoms with Gasteiger partial charge in [-0.2, -0.15) is 11.3 Å². The molecule has 0 aliphatic rings. The van der Waals surface area contributed by atoms with Gasteiger partial charge in [-0.25, -0.2) is 0 Å². The predicted molar refractivity (Wildman–Crippen MR) is 135 cm³/mol. The lowest BCUT2D eigenvalue weighted by Gasteiger charge is -2.19. The van der Waals surface area contributed by atoms with Crippen molar-refractivity contribution in [3.05, 3.63) is 94.2 Å². The number of nitrogens with one attached hydrogen (secondary N) is 1. The zero-order chi connectivity index (χ0) is 23.2. The average Bonchev–Trinajstić information content (AvgIpc) is 3.37. The molecule has 0 bridgehead atoms. The molecule has 0 radical (unpaired) electrons. The maximum atomic E-state index is 12.3. The van der Waals surface area contributed by atoms with Crippen LogP contribution in [0.15, 0.2) is 77.5 Å². The highest BCUT2D eigenvalue weighted by atomic mass is 32.1. The zero-order valence-corrected chi connectivity index (χ0v) is 19.4. The van der Waals surface area contributed by atoms with Gasteiger partial charge in [0.05, 0.1) is 6.42 Å². The summed E-state index contributed by atoms with van der Waals surface area (Å²) in [4.78, 5) is 22.9. The fraction of sp³-hybridized carbons (Fsp3) is 0.214. The third-order valence-electron chi connectivity index (χ3n) is 5.90. The third-order valence-corrected chi connectivity index (χ3v) is 6.58. The Balaban J connectivity index is 1.55. The molecular weight excluding hydrogens is 430 g/mol. The number of carbonyl (C=O) groups is 2. The van der Waals surface area contributed by atoms with E-state index in [2.05, 4.69) is 65.5 Å². The van der Waals surface area contributed by atoms with E-state index in [0.717, 1.165) is 12.8 Å². The second-order valence-corrected chi connectivity index (χ2v) is 8.98. The molecule has 5 heteroatoms. The van der Waals surface area contributed by atoms with Crippen LogP contribution in [0.2, 0.25) is 0 Å². The molecule has 1 atom stereocenters. The molecule has 0 aliphatic heterocycles. The molecule has 4 rings (SSSR count). The number of fused-ring (bicyclic) bond motifs is 1. The van der Waals surface area contributed by atoms with Crippen molar-refractivity contribution in [2.45, 2.75) is 32.1 Å². The van der Waals surface area contributed by atoms with Crippen molar-refractivity contribution in [3.8, 4) is 11.1 Å². The Kier molecular flexibility index (Phi) is 7.20. The van der Waals surface area contributed by atoms with E-state index in [1.807, 2.05) is 24.3 Å². The minimum Gasteiger partial charge on any atom is -0.481 e. The Labute approximate surface area is 197 Å². The number of benzene rings is 3. The number of hydrogen-bond acceptors (Lipinski definition) is 3.